The molecule has 1 aromatic rings. The van der Waals surface area contributed by atoms with Gasteiger partial charge in [0.05, 0.1) is 6.54 Å². The van der Waals surface area contributed by atoms with Crippen molar-refractivity contribution in [2.24, 2.45) is 5.73 Å². The highest BCUT2D eigenvalue weighted by Gasteiger charge is 2.37. The number of primary amides is 1. The first-order valence-corrected chi connectivity index (χ1v) is 6.54. The SMILES string of the molecule is NC(=O)CN1C2C=C(c3ccccc3)CC1CC2. The molecule has 2 atom stereocenters. The third-order valence-corrected chi connectivity index (χ3v) is 4.02. The number of nitrogens with zero attached hydrogens (tertiary/aromatic N) is 1. The Morgan fingerprint density at radius 2 is 2.06 bits per heavy atom. The number of nitrogens with two attached hydrogens (primary N) is 1. The van der Waals surface area contributed by atoms with E-state index in [1.165, 1.54) is 17.6 Å². The van der Waals surface area contributed by atoms with Crippen molar-refractivity contribution in [2.75, 3.05) is 6.54 Å². The van der Waals surface area contributed by atoms with Gasteiger partial charge in [0.1, 0.15) is 0 Å². The molecule has 2 bridgehead atoms. The van der Waals surface area contributed by atoms with Gasteiger partial charge in [-0.1, -0.05) is 36.4 Å². The molecule has 0 radical (unpaired) electrons. The van der Waals surface area contributed by atoms with Gasteiger partial charge in [0.15, 0.2) is 0 Å². The third kappa shape index (κ3) is 2.06. The Bertz CT molecular complexity index is 481. The zero-order valence-corrected chi connectivity index (χ0v) is 10.4. The maximum absolute atomic E-state index is 11.1. The van der Waals surface area contributed by atoms with Crippen LogP contribution in [0.5, 0.6) is 0 Å². The highest BCUT2D eigenvalue weighted by Crippen LogP contribution is 2.38. The molecule has 2 aliphatic rings. The summed E-state index contributed by atoms with van der Waals surface area (Å²) in [7, 11) is 0. The summed E-state index contributed by atoms with van der Waals surface area (Å²) in [5.41, 5.74) is 8.05. The summed E-state index contributed by atoms with van der Waals surface area (Å²) in [6.45, 7) is 0.397. The Morgan fingerprint density at radius 1 is 1.28 bits per heavy atom. The standard InChI is InChI=1S/C15H18N2O/c16-15(18)10-17-13-6-7-14(17)9-12(8-13)11-4-2-1-3-5-11/h1-5,8,13-14H,6-7,9-10H2,(H2,16,18). The van der Waals surface area contributed by atoms with Gasteiger partial charge in [0.25, 0.3) is 0 Å². The van der Waals surface area contributed by atoms with Gasteiger partial charge in [0, 0.05) is 12.1 Å². The summed E-state index contributed by atoms with van der Waals surface area (Å²) in [6.07, 6.45) is 5.68. The summed E-state index contributed by atoms with van der Waals surface area (Å²) >= 11 is 0. The Kier molecular flexibility index (Phi) is 2.92. The van der Waals surface area contributed by atoms with E-state index in [1.54, 1.807) is 0 Å². The van der Waals surface area contributed by atoms with Crippen molar-refractivity contribution in [3.8, 4) is 0 Å². The van der Waals surface area contributed by atoms with Crippen LogP contribution in [0.2, 0.25) is 0 Å². The first-order chi connectivity index (χ1) is 8.74. The van der Waals surface area contributed by atoms with Gasteiger partial charge >= 0.3 is 0 Å². The molecule has 0 aliphatic carbocycles. The molecule has 0 spiro atoms. The average molecular weight is 242 g/mol. The number of fused-ring (bicyclic) bond motifs is 2. The van der Waals surface area contributed by atoms with Crippen LogP contribution >= 0.6 is 0 Å². The average Bonchev–Trinajstić information content (AvgIpc) is 2.62. The molecule has 1 amide bonds. The van der Waals surface area contributed by atoms with E-state index in [2.05, 4.69) is 35.2 Å². The molecule has 2 unspecified atom stereocenters. The minimum atomic E-state index is -0.219. The minimum Gasteiger partial charge on any atom is -0.369 e. The molecule has 18 heavy (non-hydrogen) atoms. The number of hydrogen-bond donors (Lipinski definition) is 1. The highest BCUT2D eigenvalue weighted by molar-refractivity contribution is 5.76. The fourth-order valence-corrected chi connectivity index (χ4v) is 3.21. The topological polar surface area (TPSA) is 46.3 Å². The molecular formula is C15H18N2O. The van der Waals surface area contributed by atoms with Crippen molar-refractivity contribution in [1.82, 2.24) is 4.90 Å². The Morgan fingerprint density at radius 3 is 2.72 bits per heavy atom. The number of carbonyl (C=O) groups excluding carboxylic acids is 1. The number of hydrogen-bond acceptors (Lipinski definition) is 2. The molecule has 1 saturated heterocycles. The first-order valence-electron chi connectivity index (χ1n) is 6.54. The Labute approximate surface area is 107 Å². The molecule has 1 fully saturated rings. The molecule has 0 saturated carbocycles. The second kappa shape index (κ2) is 4.58. The van der Waals surface area contributed by atoms with Crippen LogP contribution in [0.1, 0.15) is 24.8 Å². The van der Waals surface area contributed by atoms with Crippen molar-refractivity contribution < 1.29 is 4.79 Å². The molecule has 3 heteroatoms. The van der Waals surface area contributed by atoms with Gasteiger partial charge in [-0.3, -0.25) is 9.69 Å². The van der Waals surface area contributed by atoms with Crippen molar-refractivity contribution in [3.05, 3.63) is 42.0 Å². The van der Waals surface area contributed by atoms with Crippen LogP contribution in [0.25, 0.3) is 5.57 Å². The van der Waals surface area contributed by atoms with Crippen molar-refractivity contribution >= 4 is 11.5 Å². The van der Waals surface area contributed by atoms with Crippen LogP contribution in [0, 0.1) is 0 Å². The smallest absolute Gasteiger partial charge is 0.231 e. The molecule has 2 aliphatic heterocycles. The largest absolute Gasteiger partial charge is 0.369 e. The molecule has 2 heterocycles. The van der Waals surface area contributed by atoms with Gasteiger partial charge in [-0.05, 0) is 30.4 Å². The van der Waals surface area contributed by atoms with E-state index in [-0.39, 0.29) is 5.91 Å². The van der Waals surface area contributed by atoms with Crippen LogP contribution in [0.15, 0.2) is 36.4 Å². The second-order valence-corrected chi connectivity index (χ2v) is 5.20. The van der Waals surface area contributed by atoms with Gasteiger partial charge in [0.2, 0.25) is 5.91 Å². The molecular weight excluding hydrogens is 224 g/mol. The van der Waals surface area contributed by atoms with Crippen LogP contribution in [0.4, 0.5) is 0 Å². The molecule has 94 valence electrons. The van der Waals surface area contributed by atoms with Gasteiger partial charge in [-0.15, -0.1) is 0 Å². The van der Waals surface area contributed by atoms with Crippen molar-refractivity contribution in [1.29, 1.82) is 0 Å². The van der Waals surface area contributed by atoms with Crippen LogP contribution in [0.3, 0.4) is 0 Å². The normalized spacial score (nSPS) is 27.0. The summed E-state index contributed by atoms with van der Waals surface area (Å²) in [4.78, 5) is 13.4. The lowest BCUT2D eigenvalue weighted by molar-refractivity contribution is -0.119. The van der Waals surface area contributed by atoms with E-state index in [9.17, 15) is 4.79 Å². The Balaban J connectivity index is 1.84. The van der Waals surface area contributed by atoms with Crippen molar-refractivity contribution in [3.63, 3.8) is 0 Å². The van der Waals surface area contributed by atoms with Crippen molar-refractivity contribution in [2.45, 2.75) is 31.3 Å². The third-order valence-electron chi connectivity index (χ3n) is 4.02. The number of carbonyl (C=O) groups is 1. The van der Waals surface area contributed by atoms with E-state index in [4.69, 9.17) is 5.73 Å². The predicted molar refractivity (Wildman–Crippen MR) is 71.7 cm³/mol. The van der Waals surface area contributed by atoms with Crippen LogP contribution in [-0.4, -0.2) is 29.4 Å². The maximum Gasteiger partial charge on any atom is 0.231 e. The summed E-state index contributed by atoms with van der Waals surface area (Å²) in [5.74, 6) is -0.219. The summed E-state index contributed by atoms with van der Waals surface area (Å²) in [5, 5.41) is 0. The van der Waals surface area contributed by atoms with E-state index in [0.717, 1.165) is 12.8 Å². The minimum absolute atomic E-state index is 0.219. The Hall–Kier alpha value is -1.61. The fourth-order valence-electron chi connectivity index (χ4n) is 3.21. The zero-order valence-electron chi connectivity index (χ0n) is 10.4. The highest BCUT2D eigenvalue weighted by atomic mass is 16.1. The molecule has 3 nitrogen and oxygen atoms in total. The number of benzene rings is 1. The summed E-state index contributed by atoms with van der Waals surface area (Å²) in [6, 6.07) is 11.4. The number of rotatable bonds is 3. The van der Waals surface area contributed by atoms with E-state index in [1.807, 2.05) is 6.07 Å². The molecule has 2 N–H and O–H groups in total. The lowest BCUT2D eigenvalue weighted by Crippen LogP contribution is -2.43. The molecule has 3 rings (SSSR count). The predicted octanol–water partition coefficient (Wildman–Crippen LogP) is 1.79. The first kappa shape index (κ1) is 11.5. The fraction of sp³-hybridized carbons (Fsp3) is 0.400. The van der Waals surface area contributed by atoms with Crippen LogP contribution < -0.4 is 5.73 Å². The molecule has 0 aromatic heterocycles. The van der Waals surface area contributed by atoms with E-state index >= 15 is 0 Å². The van der Waals surface area contributed by atoms with Gasteiger partial charge in [-0.25, -0.2) is 0 Å². The summed E-state index contributed by atoms with van der Waals surface area (Å²) < 4.78 is 0. The van der Waals surface area contributed by atoms with Gasteiger partial charge in [-0.2, -0.15) is 0 Å². The molecule has 1 aromatic carbocycles. The quantitative estimate of drug-likeness (QED) is 0.878. The van der Waals surface area contributed by atoms with E-state index < -0.39 is 0 Å². The maximum atomic E-state index is 11.1. The zero-order chi connectivity index (χ0) is 12.5. The monoisotopic (exact) mass is 242 g/mol. The lowest BCUT2D eigenvalue weighted by atomic mass is 9.95. The van der Waals surface area contributed by atoms with Gasteiger partial charge < -0.3 is 5.73 Å². The van der Waals surface area contributed by atoms with Crippen LogP contribution in [-0.2, 0) is 4.79 Å². The second-order valence-electron chi connectivity index (χ2n) is 5.20. The van der Waals surface area contributed by atoms with E-state index in [0.29, 0.717) is 18.6 Å². The number of amides is 1. The lowest BCUT2D eigenvalue weighted by Gasteiger charge is -2.33.